The lowest BCUT2D eigenvalue weighted by molar-refractivity contribution is 0.370. The maximum absolute atomic E-state index is 5.58. The van der Waals surface area contributed by atoms with Crippen LogP contribution in [0.15, 0.2) is 59.1 Å². The molecule has 4 aromatic rings. The molecular formula is C25H23N5O. The van der Waals surface area contributed by atoms with E-state index in [0.717, 1.165) is 60.3 Å². The molecule has 6 nitrogen and oxygen atoms in total. The number of rotatable bonds is 3. The highest BCUT2D eigenvalue weighted by Gasteiger charge is 2.29. The number of likely N-dealkylation sites (N-methyl/N-ethyl adjacent to an activating group) is 1. The Labute approximate surface area is 180 Å². The van der Waals surface area contributed by atoms with Crippen molar-refractivity contribution in [2.24, 2.45) is 0 Å². The molecule has 2 aromatic carbocycles. The summed E-state index contributed by atoms with van der Waals surface area (Å²) in [5.41, 5.74) is 7.89. The van der Waals surface area contributed by atoms with Crippen molar-refractivity contribution in [1.29, 1.82) is 0 Å². The Balaban J connectivity index is 1.43. The third kappa shape index (κ3) is 2.94. The van der Waals surface area contributed by atoms with E-state index in [1.807, 2.05) is 37.3 Å². The number of hydrogen-bond donors (Lipinski definition) is 0. The van der Waals surface area contributed by atoms with Gasteiger partial charge in [-0.15, -0.1) is 10.2 Å². The molecule has 154 valence electrons. The lowest BCUT2D eigenvalue weighted by Gasteiger charge is -2.22. The molecule has 6 heteroatoms. The van der Waals surface area contributed by atoms with E-state index in [0.29, 0.717) is 0 Å². The zero-order chi connectivity index (χ0) is 20.9. The summed E-state index contributed by atoms with van der Waals surface area (Å²) in [6.07, 6.45) is 3.41. The van der Waals surface area contributed by atoms with E-state index in [4.69, 9.17) is 4.52 Å². The van der Waals surface area contributed by atoms with Crippen LogP contribution < -0.4 is 0 Å². The Bertz CT molecular complexity index is 1320. The average molecular weight is 409 g/mol. The standard InChI is InChI=1S/C25H23N5O/c1-16-22(23(28-31-16)18-6-4-3-5-7-18)25-27-26-24-21-14-19(8-9-20(21)15-30(24)25)17-10-12-29(2)13-11-17/h3-10,14H,11-13,15H2,1-2H3. The smallest absolute Gasteiger partial charge is 0.170 e. The fourth-order valence-corrected chi connectivity index (χ4v) is 4.59. The van der Waals surface area contributed by atoms with Gasteiger partial charge in [-0.1, -0.05) is 53.7 Å². The molecule has 0 amide bonds. The highest BCUT2D eigenvalue weighted by molar-refractivity contribution is 5.81. The number of fused-ring (bicyclic) bond motifs is 3. The van der Waals surface area contributed by atoms with Crippen molar-refractivity contribution in [1.82, 2.24) is 24.8 Å². The zero-order valence-electron chi connectivity index (χ0n) is 17.7. The maximum atomic E-state index is 5.58. The largest absolute Gasteiger partial charge is 0.360 e. The molecule has 0 fully saturated rings. The Morgan fingerprint density at radius 3 is 2.61 bits per heavy atom. The van der Waals surface area contributed by atoms with Crippen LogP contribution >= 0.6 is 0 Å². The van der Waals surface area contributed by atoms with Gasteiger partial charge in [0.1, 0.15) is 11.5 Å². The van der Waals surface area contributed by atoms with E-state index >= 15 is 0 Å². The summed E-state index contributed by atoms with van der Waals surface area (Å²) < 4.78 is 7.76. The van der Waals surface area contributed by atoms with Gasteiger partial charge in [0.2, 0.25) is 0 Å². The number of aromatic nitrogens is 4. The van der Waals surface area contributed by atoms with E-state index in [1.54, 1.807) is 0 Å². The van der Waals surface area contributed by atoms with Crippen molar-refractivity contribution in [3.05, 3.63) is 71.5 Å². The zero-order valence-corrected chi connectivity index (χ0v) is 17.7. The SMILES string of the molecule is Cc1onc(-c2ccccc2)c1-c1nnc2n1Cc1ccc(C3=CCN(C)CC3)cc1-2. The monoisotopic (exact) mass is 409 g/mol. The first-order chi connectivity index (χ1) is 15.2. The predicted molar refractivity (Wildman–Crippen MR) is 120 cm³/mol. The molecule has 0 aliphatic carbocycles. The van der Waals surface area contributed by atoms with Gasteiger partial charge in [-0.2, -0.15) is 0 Å². The highest BCUT2D eigenvalue weighted by atomic mass is 16.5. The summed E-state index contributed by atoms with van der Waals surface area (Å²) in [7, 11) is 2.16. The van der Waals surface area contributed by atoms with Crippen LogP contribution in [0.3, 0.4) is 0 Å². The second-order valence-corrected chi connectivity index (χ2v) is 8.38. The fourth-order valence-electron chi connectivity index (χ4n) is 4.59. The van der Waals surface area contributed by atoms with Crippen LogP contribution in [0.5, 0.6) is 0 Å². The van der Waals surface area contributed by atoms with Gasteiger partial charge in [0.05, 0.1) is 12.1 Å². The molecule has 0 saturated heterocycles. The summed E-state index contributed by atoms with van der Waals surface area (Å²) in [6.45, 7) is 4.79. The van der Waals surface area contributed by atoms with Crippen LogP contribution in [0.2, 0.25) is 0 Å². The maximum Gasteiger partial charge on any atom is 0.170 e. The first kappa shape index (κ1) is 18.3. The van der Waals surface area contributed by atoms with Crippen LogP contribution in [0, 0.1) is 6.92 Å². The van der Waals surface area contributed by atoms with E-state index in [1.165, 1.54) is 22.3 Å². The van der Waals surface area contributed by atoms with Crippen LogP contribution in [-0.2, 0) is 6.54 Å². The second-order valence-electron chi connectivity index (χ2n) is 8.38. The highest BCUT2D eigenvalue weighted by Crippen LogP contribution is 2.40. The topological polar surface area (TPSA) is 60.0 Å². The van der Waals surface area contributed by atoms with Crippen LogP contribution in [0.1, 0.15) is 23.3 Å². The van der Waals surface area contributed by atoms with Gasteiger partial charge in [0, 0.05) is 24.2 Å². The van der Waals surface area contributed by atoms with E-state index in [2.05, 4.69) is 56.1 Å². The summed E-state index contributed by atoms with van der Waals surface area (Å²) in [6, 6.07) is 16.9. The molecule has 0 radical (unpaired) electrons. The summed E-state index contributed by atoms with van der Waals surface area (Å²) >= 11 is 0. The third-order valence-electron chi connectivity index (χ3n) is 6.35. The minimum absolute atomic E-state index is 0.752. The van der Waals surface area contributed by atoms with Gasteiger partial charge >= 0.3 is 0 Å². The molecule has 2 aliphatic heterocycles. The van der Waals surface area contributed by atoms with Crippen molar-refractivity contribution in [2.45, 2.75) is 19.9 Å². The normalized spacial score (nSPS) is 15.6. The van der Waals surface area contributed by atoms with Crippen molar-refractivity contribution in [2.75, 3.05) is 20.1 Å². The number of benzene rings is 2. The van der Waals surface area contributed by atoms with Gasteiger partial charge in [0.25, 0.3) is 0 Å². The number of aryl methyl sites for hydroxylation is 1. The minimum Gasteiger partial charge on any atom is -0.360 e. The van der Waals surface area contributed by atoms with Crippen LogP contribution in [0.25, 0.3) is 39.6 Å². The molecule has 0 atom stereocenters. The number of hydrogen-bond acceptors (Lipinski definition) is 5. The second kappa shape index (κ2) is 7.03. The van der Waals surface area contributed by atoms with E-state index < -0.39 is 0 Å². The van der Waals surface area contributed by atoms with Gasteiger partial charge in [-0.25, -0.2) is 0 Å². The van der Waals surface area contributed by atoms with Gasteiger partial charge < -0.3 is 14.0 Å². The lowest BCUT2D eigenvalue weighted by Crippen LogP contribution is -2.23. The van der Waals surface area contributed by atoms with Crippen molar-refractivity contribution < 1.29 is 4.52 Å². The predicted octanol–water partition coefficient (Wildman–Crippen LogP) is 4.66. The summed E-state index contributed by atoms with van der Waals surface area (Å²) in [4.78, 5) is 2.34. The van der Waals surface area contributed by atoms with Crippen molar-refractivity contribution in [3.8, 4) is 34.0 Å². The molecule has 2 aromatic heterocycles. The lowest BCUT2D eigenvalue weighted by atomic mass is 9.96. The first-order valence-electron chi connectivity index (χ1n) is 10.7. The van der Waals surface area contributed by atoms with Crippen molar-refractivity contribution in [3.63, 3.8) is 0 Å². The molecule has 0 bridgehead atoms. The molecule has 0 unspecified atom stereocenters. The molecule has 6 rings (SSSR count). The van der Waals surface area contributed by atoms with Crippen LogP contribution in [0.4, 0.5) is 0 Å². The van der Waals surface area contributed by atoms with Crippen LogP contribution in [-0.4, -0.2) is 45.0 Å². The first-order valence-corrected chi connectivity index (χ1v) is 10.7. The fraction of sp³-hybridized carbons (Fsp3) is 0.240. The molecule has 0 spiro atoms. The van der Waals surface area contributed by atoms with Crippen molar-refractivity contribution >= 4 is 5.57 Å². The summed E-state index contributed by atoms with van der Waals surface area (Å²) in [5.74, 6) is 2.48. The Hall–Kier alpha value is -3.51. The van der Waals surface area contributed by atoms with E-state index in [-0.39, 0.29) is 0 Å². The molecule has 0 N–H and O–H groups in total. The molecule has 0 saturated carbocycles. The molecule has 4 heterocycles. The Kier molecular flexibility index (Phi) is 4.14. The molecular weight excluding hydrogens is 386 g/mol. The summed E-state index contributed by atoms with van der Waals surface area (Å²) in [5, 5.41) is 13.5. The minimum atomic E-state index is 0.752. The van der Waals surface area contributed by atoms with Gasteiger partial charge in [0.15, 0.2) is 11.6 Å². The number of nitrogens with zero attached hydrogens (tertiary/aromatic N) is 5. The Morgan fingerprint density at radius 1 is 0.968 bits per heavy atom. The molecule has 2 aliphatic rings. The van der Waals surface area contributed by atoms with E-state index in [9.17, 15) is 0 Å². The average Bonchev–Trinajstić information content (AvgIpc) is 3.48. The Morgan fingerprint density at radius 2 is 1.81 bits per heavy atom. The molecule has 31 heavy (non-hydrogen) atoms. The quantitative estimate of drug-likeness (QED) is 0.434. The van der Waals surface area contributed by atoms with Gasteiger partial charge in [-0.05, 0) is 43.2 Å². The third-order valence-corrected chi connectivity index (χ3v) is 6.35. The van der Waals surface area contributed by atoms with Gasteiger partial charge in [-0.3, -0.25) is 0 Å².